The van der Waals surface area contributed by atoms with Crippen molar-refractivity contribution in [2.24, 2.45) is 5.10 Å². The number of aliphatic hydroxyl groups excluding tert-OH is 4. The molecule has 1 amide bonds. The molecular formula is C16H19FN4O5. The third kappa shape index (κ3) is 4.70. The lowest BCUT2D eigenvalue weighted by atomic mass is 10.1. The molecule has 0 unspecified atom stereocenters. The lowest BCUT2D eigenvalue weighted by Gasteiger charge is -2.20. The summed E-state index contributed by atoms with van der Waals surface area (Å²) in [6.45, 7) is 0.827. The van der Waals surface area contributed by atoms with E-state index in [0.29, 0.717) is 0 Å². The number of rotatable bonds is 7. The Morgan fingerprint density at radius 2 is 1.96 bits per heavy atom. The quantitative estimate of drug-likeness (QED) is 0.286. The molecule has 140 valence electrons. The van der Waals surface area contributed by atoms with E-state index in [1.165, 1.54) is 18.3 Å². The fourth-order valence-electron chi connectivity index (χ4n) is 2.03. The van der Waals surface area contributed by atoms with Crippen molar-refractivity contribution in [3.8, 4) is 0 Å². The van der Waals surface area contributed by atoms with Crippen LogP contribution in [0.2, 0.25) is 0 Å². The number of nitrogens with one attached hydrogen (secondary N) is 2. The number of amides is 1. The number of hydrogen-bond acceptors (Lipinski definition) is 7. The Hall–Kier alpha value is -2.66. The molecule has 2 aromatic rings. The lowest BCUT2D eigenvalue weighted by molar-refractivity contribution is -0.0788. The Balaban J connectivity index is 2.04. The van der Waals surface area contributed by atoms with E-state index >= 15 is 0 Å². The minimum absolute atomic E-state index is 0.0967. The average Bonchev–Trinajstić information content (AvgIpc) is 3.14. The second-order valence-electron chi connectivity index (χ2n) is 5.52. The highest BCUT2D eigenvalue weighted by Gasteiger charge is 2.27. The summed E-state index contributed by atoms with van der Waals surface area (Å²) in [6, 6.07) is 4.92. The van der Waals surface area contributed by atoms with Crippen LogP contribution >= 0.6 is 0 Å². The highest BCUT2D eigenvalue weighted by Crippen LogP contribution is 2.17. The largest absolute Gasteiger partial charge is 0.394 e. The number of nitrogens with zero attached hydrogens (tertiary/aromatic N) is 2. The van der Waals surface area contributed by atoms with Gasteiger partial charge in [-0.05, 0) is 31.2 Å². The first-order chi connectivity index (χ1) is 12.3. The van der Waals surface area contributed by atoms with Crippen LogP contribution in [-0.2, 0) is 0 Å². The second kappa shape index (κ2) is 8.63. The molecule has 3 atom stereocenters. The van der Waals surface area contributed by atoms with Crippen LogP contribution < -0.4 is 5.43 Å². The van der Waals surface area contributed by atoms with Crippen LogP contribution in [0.15, 0.2) is 35.6 Å². The maximum atomic E-state index is 12.8. The first kappa shape index (κ1) is 19.7. The third-order valence-electron chi connectivity index (χ3n) is 3.59. The first-order valence-corrected chi connectivity index (χ1v) is 7.64. The molecule has 1 heterocycles. The summed E-state index contributed by atoms with van der Waals surface area (Å²) in [5.74, 6) is -0.793. The smallest absolute Gasteiger partial charge is 0.271 e. The van der Waals surface area contributed by atoms with Gasteiger partial charge in [-0.3, -0.25) is 4.79 Å². The van der Waals surface area contributed by atoms with Gasteiger partial charge in [-0.15, -0.1) is 0 Å². The fraction of sp³-hybridized carbons (Fsp3) is 0.312. The minimum Gasteiger partial charge on any atom is -0.394 e. The number of hydrazone groups is 1. The Labute approximate surface area is 147 Å². The SMILES string of the molecule is C/C(=N\NC(=O)c1ccc(F)cc1)c1ncc([C@@H](O)[C@H](O)[C@H](O)CO)[nH]1. The molecule has 9 nitrogen and oxygen atoms in total. The molecule has 6 N–H and O–H groups in total. The number of halogens is 1. The number of hydrogen-bond donors (Lipinski definition) is 6. The molecule has 10 heteroatoms. The number of carbonyl (C=O) groups is 1. The van der Waals surface area contributed by atoms with Crippen LogP contribution in [0.4, 0.5) is 4.39 Å². The predicted molar refractivity (Wildman–Crippen MR) is 88.7 cm³/mol. The van der Waals surface area contributed by atoms with Crippen molar-refractivity contribution in [3.05, 3.63) is 53.4 Å². The van der Waals surface area contributed by atoms with Crippen molar-refractivity contribution in [2.45, 2.75) is 25.2 Å². The lowest BCUT2D eigenvalue weighted by Crippen LogP contribution is -2.34. The molecule has 0 bridgehead atoms. The summed E-state index contributed by atoms with van der Waals surface area (Å²) in [6.07, 6.45) is -3.39. The summed E-state index contributed by atoms with van der Waals surface area (Å²) in [5, 5.41) is 41.6. The van der Waals surface area contributed by atoms with E-state index in [-0.39, 0.29) is 22.8 Å². The summed E-state index contributed by atoms with van der Waals surface area (Å²) in [5.41, 5.74) is 2.88. The zero-order valence-corrected chi connectivity index (χ0v) is 13.8. The van der Waals surface area contributed by atoms with E-state index in [1.807, 2.05) is 0 Å². The van der Waals surface area contributed by atoms with Crippen LogP contribution in [0.5, 0.6) is 0 Å². The Morgan fingerprint density at radius 1 is 1.31 bits per heavy atom. The molecule has 0 spiro atoms. The highest BCUT2D eigenvalue weighted by atomic mass is 19.1. The van der Waals surface area contributed by atoms with Crippen LogP contribution in [-0.4, -0.2) is 60.8 Å². The molecule has 0 aliphatic heterocycles. The van der Waals surface area contributed by atoms with E-state index in [2.05, 4.69) is 20.5 Å². The van der Waals surface area contributed by atoms with Gasteiger partial charge in [0.05, 0.1) is 18.5 Å². The van der Waals surface area contributed by atoms with Crippen molar-refractivity contribution in [2.75, 3.05) is 6.61 Å². The van der Waals surface area contributed by atoms with Crippen LogP contribution in [0.25, 0.3) is 0 Å². The average molecular weight is 366 g/mol. The van der Waals surface area contributed by atoms with Crippen molar-refractivity contribution >= 4 is 11.6 Å². The van der Waals surface area contributed by atoms with Crippen molar-refractivity contribution in [3.63, 3.8) is 0 Å². The molecule has 0 aliphatic rings. The second-order valence-corrected chi connectivity index (χ2v) is 5.52. The maximum Gasteiger partial charge on any atom is 0.271 e. The Bertz CT molecular complexity index is 777. The standard InChI is InChI=1S/C16H19FN4O5/c1-8(20-21-16(26)9-2-4-10(17)5-3-9)15-18-6-11(19-15)13(24)14(25)12(23)7-22/h2-6,12-14,22-25H,7H2,1H3,(H,18,19)(H,21,26)/b20-8+/t12-,13-,14-/m1/s1. The summed E-state index contributed by atoms with van der Waals surface area (Å²) >= 11 is 0. The predicted octanol–water partition coefficient (Wildman–Crippen LogP) is -0.550. The Kier molecular flexibility index (Phi) is 6.52. The molecule has 0 saturated carbocycles. The van der Waals surface area contributed by atoms with Gasteiger partial charge in [-0.2, -0.15) is 5.10 Å². The van der Waals surface area contributed by atoms with Crippen LogP contribution in [0.1, 0.15) is 34.9 Å². The maximum absolute atomic E-state index is 12.8. The molecule has 26 heavy (non-hydrogen) atoms. The number of aromatic nitrogens is 2. The molecule has 0 aliphatic carbocycles. The fourth-order valence-corrected chi connectivity index (χ4v) is 2.03. The van der Waals surface area contributed by atoms with Gasteiger partial charge in [0.15, 0.2) is 5.82 Å². The van der Waals surface area contributed by atoms with Crippen molar-refractivity contribution in [1.82, 2.24) is 15.4 Å². The zero-order chi connectivity index (χ0) is 19.3. The van der Waals surface area contributed by atoms with Crippen molar-refractivity contribution in [1.29, 1.82) is 0 Å². The van der Waals surface area contributed by atoms with Gasteiger partial charge in [0.2, 0.25) is 0 Å². The topological polar surface area (TPSA) is 151 Å². The van der Waals surface area contributed by atoms with E-state index in [4.69, 9.17) is 5.11 Å². The van der Waals surface area contributed by atoms with E-state index in [0.717, 1.165) is 12.1 Å². The molecular weight excluding hydrogens is 347 g/mol. The number of aromatic amines is 1. The van der Waals surface area contributed by atoms with Gasteiger partial charge >= 0.3 is 0 Å². The van der Waals surface area contributed by atoms with Gasteiger partial charge in [0.25, 0.3) is 5.91 Å². The van der Waals surface area contributed by atoms with Crippen molar-refractivity contribution < 1.29 is 29.6 Å². The zero-order valence-electron chi connectivity index (χ0n) is 13.8. The highest BCUT2D eigenvalue weighted by molar-refractivity contribution is 5.98. The van der Waals surface area contributed by atoms with Gasteiger partial charge < -0.3 is 25.4 Å². The molecule has 0 radical (unpaired) electrons. The van der Waals surface area contributed by atoms with Gasteiger partial charge in [-0.1, -0.05) is 0 Å². The van der Waals surface area contributed by atoms with E-state index in [9.17, 15) is 24.5 Å². The molecule has 2 rings (SSSR count). The summed E-state index contributed by atoms with van der Waals surface area (Å²) in [4.78, 5) is 18.6. The van der Waals surface area contributed by atoms with Gasteiger partial charge in [-0.25, -0.2) is 14.8 Å². The number of aliphatic hydroxyl groups is 4. The molecule has 1 aromatic carbocycles. The number of H-pyrrole nitrogens is 1. The normalized spacial score (nSPS) is 15.4. The van der Waals surface area contributed by atoms with Gasteiger partial charge in [0, 0.05) is 5.56 Å². The molecule has 1 aromatic heterocycles. The first-order valence-electron chi connectivity index (χ1n) is 7.64. The molecule has 0 saturated heterocycles. The monoisotopic (exact) mass is 366 g/mol. The van der Waals surface area contributed by atoms with E-state index < -0.39 is 36.6 Å². The summed E-state index contributed by atoms with van der Waals surface area (Å²) in [7, 11) is 0. The third-order valence-corrected chi connectivity index (χ3v) is 3.59. The Morgan fingerprint density at radius 3 is 2.58 bits per heavy atom. The van der Waals surface area contributed by atoms with Crippen LogP contribution in [0, 0.1) is 5.82 Å². The summed E-state index contributed by atoms with van der Waals surface area (Å²) < 4.78 is 12.8. The number of imidazole rings is 1. The number of carbonyl (C=O) groups excluding carboxylic acids is 1. The van der Waals surface area contributed by atoms with E-state index in [1.54, 1.807) is 6.92 Å². The van der Waals surface area contributed by atoms with Gasteiger partial charge in [0.1, 0.15) is 29.8 Å². The number of benzene rings is 1. The minimum atomic E-state index is -1.61. The molecule has 0 fully saturated rings. The van der Waals surface area contributed by atoms with Crippen LogP contribution in [0.3, 0.4) is 0 Å².